The second-order valence-corrected chi connectivity index (χ2v) is 5.86. The molecule has 0 aromatic carbocycles. The van der Waals surface area contributed by atoms with Crippen LogP contribution in [-0.4, -0.2) is 39.8 Å². The second kappa shape index (κ2) is 4.85. The Balaban J connectivity index is 1.94. The average molecular weight is 268 g/mol. The highest BCUT2D eigenvalue weighted by Gasteiger charge is 2.39. The van der Waals surface area contributed by atoms with Crippen LogP contribution in [0.5, 0.6) is 0 Å². The molecule has 1 N–H and O–H groups in total. The van der Waals surface area contributed by atoms with Gasteiger partial charge in [0.05, 0.1) is 6.20 Å². The molecule has 106 valence electrons. The molecule has 2 heterocycles. The van der Waals surface area contributed by atoms with Crippen LogP contribution in [0.4, 0.5) is 4.79 Å². The summed E-state index contributed by atoms with van der Waals surface area (Å²) >= 11 is 0. The summed E-state index contributed by atoms with van der Waals surface area (Å²) in [7, 11) is 0. The lowest BCUT2D eigenvalue weighted by molar-refractivity contribution is -0.0479. The average Bonchev–Trinajstić information content (AvgIpc) is 2.81. The molecule has 0 radical (unpaired) electrons. The SMILES string of the molecule is CC(C)(C)OC(=O)N1CCC(O)(c2cnco2)CC1. The molecule has 1 aliphatic rings. The van der Waals surface area contributed by atoms with Gasteiger partial charge in [-0.05, 0) is 20.8 Å². The zero-order chi connectivity index (χ0) is 14.1. The third kappa shape index (κ3) is 3.26. The van der Waals surface area contributed by atoms with Gasteiger partial charge in [0.2, 0.25) is 0 Å². The van der Waals surface area contributed by atoms with Crippen molar-refractivity contribution in [2.45, 2.75) is 44.8 Å². The van der Waals surface area contributed by atoms with E-state index in [1.165, 1.54) is 12.6 Å². The number of likely N-dealkylation sites (tertiary alicyclic amines) is 1. The van der Waals surface area contributed by atoms with Crippen LogP contribution in [-0.2, 0) is 10.3 Å². The number of amides is 1. The zero-order valence-electron chi connectivity index (χ0n) is 11.5. The lowest BCUT2D eigenvalue weighted by atomic mass is 9.89. The first-order valence-corrected chi connectivity index (χ1v) is 6.39. The summed E-state index contributed by atoms with van der Waals surface area (Å²) in [5, 5.41) is 10.5. The highest BCUT2D eigenvalue weighted by atomic mass is 16.6. The fourth-order valence-corrected chi connectivity index (χ4v) is 2.08. The summed E-state index contributed by atoms with van der Waals surface area (Å²) in [5.74, 6) is 0.455. The molecule has 1 amide bonds. The van der Waals surface area contributed by atoms with Gasteiger partial charge < -0.3 is 19.2 Å². The van der Waals surface area contributed by atoms with Crippen LogP contribution in [0.2, 0.25) is 0 Å². The third-order valence-electron chi connectivity index (χ3n) is 3.13. The molecule has 1 aromatic rings. The summed E-state index contributed by atoms with van der Waals surface area (Å²) in [6, 6.07) is 0. The van der Waals surface area contributed by atoms with E-state index < -0.39 is 11.2 Å². The predicted octanol–water partition coefficient (Wildman–Crippen LogP) is 1.89. The van der Waals surface area contributed by atoms with Gasteiger partial charge in [-0.3, -0.25) is 0 Å². The first kappa shape index (κ1) is 13.9. The van der Waals surface area contributed by atoms with E-state index in [2.05, 4.69) is 4.98 Å². The number of aliphatic hydroxyl groups is 1. The van der Waals surface area contributed by atoms with Crippen molar-refractivity contribution in [2.24, 2.45) is 0 Å². The van der Waals surface area contributed by atoms with E-state index >= 15 is 0 Å². The first-order chi connectivity index (χ1) is 8.80. The van der Waals surface area contributed by atoms with Crippen LogP contribution < -0.4 is 0 Å². The maximum Gasteiger partial charge on any atom is 0.410 e. The summed E-state index contributed by atoms with van der Waals surface area (Å²) < 4.78 is 10.5. The van der Waals surface area contributed by atoms with Gasteiger partial charge in [0.25, 0.3) is 0 Å². The Kier molecular flexibility index (Phi) is 3.54. The quantitative estimate of drug-likeness (QED) is 0.841. The number of aromatic nitrogens is 1. The van der Waals surface area contributed by atoms with Crippen LogP contribution in [0, 0.1) is 0 Å². The molecular formula is C13H20N2O4. The van der Waals surface area contributed by atoms with E-state index in [9.17, 15) is 9.90 Å². The van der Waals surface area contributed by atoms with Gasteiger partial charge in [-0.1, -0.05) is 0 Å². The highest BCUT2D eigenvalue weighted by Crippen LogP contribution is 2.32. The molecule has 0 spiro atoms. The summed E-state index contributed by atoms with van der Waals surface area (Å²) in [5.41, 5.74) is -1.54. The van der Waals surface area contributed by atoms with Gasteiger partial charge in [-0.15, -0.1) is 0 Å². The van der Waals surface area contributed by atoms with E-state index in [1.807, 2.05) is 20.8 Å². The number of oxazole rings is 1. The zero-order valence-corrected chi connectivity index (χ0v) is 11.5. The Labute approximate surface area is 112 Å². The Bertz CT molecular complexity index is 428. The molecule has 19 heavy (non-hydrogen) atoms. The Morgan fingerprint density at radius 1 is 1.47 bits per heavy atom. The molecule has 1 fully saturated rings. The van der Waals surface area contributed by atoms with E-state index in [-0.39, 0.29) is 6.09 Å². The molecular weight excluding hydrogens is 248 g/mol. The molecule has 0 saturated carbocycles. The van der Waals surface area contributed by atoms with Crippen molar-refractivity contribution >= 4 is 6.09 Å². The Hall–Kier alpha value is -1.56. The van der Waals surface area contributed by atoms with Crippen molar-refractivity contribution in [2.75, 3.05) is 13.1 Å². The molecule has 1 aliphatic heterocycles. The van der Waals surface area contributed by atoms with Crippen molar-refractivity contribution in [3.8, 4) is 0 Å². The van der Waals surface area contributed by atoms with Gasteiger partial charge in [0.1, 0.15) is 11.2 Å². The molecule has 6 heteroatoms. The van der Waals surface area contributed by atoms with Gasteiger partial charge in [-0.2, -0.15) is 0 Å². The summed E-state index contributed by atoms with van der Waals surface area (Å²) in [6.45, 7) is 6.37. The number of piperidine rings is 1. The van der Waals surface area contributed by atoms with Crippen LogP contribution in [0.25, 0.3) is 0 Å². The molecule has 0 atom stereocenters. The minimum Gasteiger partial charge on any atom is -0.445 e. The molecule has 6 nitrogen and oxygen atoms in total. The van der Waals surface area contributed by atoms with Crippen molar-refractivity contribution in [3.63, 3.8) is 0 Å². The number of nitrogens with zero attached hydrogens (tertiary/aromatic N) is 2. The predicted molar refractivity (Wildman–Crippen MR) is 67.4 cm³/mol. The molecule has 0 aliphatic carbocycles. The Morgan fingerprint density at radius 3 is 2.58 bits per heavy atom. The van der Waals surface area contributed by atoms with Crippen molar-refractivity contribution in [3.05, 3.63) is 18.4 Å². The van der Waals surface area contributed by atoms with Crippen molar-refractivity contribution in [1.29, 1.82) is 0 Å². The van der Waals surface area contributed by atoms with E-state index in [0.717, 1.165) is 0 Å². The number of hydrogen-bond acceptors (Lipinski definition) is 5. The van der Waals surface area contributed by atoms with Crippen LogP contribution in [0.15, 0.2) is 17.0 Å². The smallest absolute Gasteiger partial charge is 0.410 e. The van der Waals surface area contributed by atoms with Gasteiger partial charge >= 0.3 is 6.09 Å². The normalized spacial score (nSPS) is 19.3. The highest BCUT2D eigenvalue weighted by molar-refractivity contribution is 5.68. The lowest BCUT2D eigenvalue weighted by Gasteiger charge is -2.37. The van der Waals surface area contributed by atoms with E-state index in [1.54, 1.807) is 4.90 Å². The Morgan fingerprint density at radius 2 is 2.11 bits per heavy atom. The van der Waals surface area contributed by atoms with Gasteiger partial charge in [-0.25, -0.2) is 9.78 Å². The number of ether oxygens (including phenoxy) is 1. The summed E-state index contributed by atoms with van der Waals surface area (Å²) in [4.78, 5) is 17.3. The largest absolute Gasteiger partial charge is 0.445 e. The number of rotatable bonds is 1. The first-order valence-electron chi connectivity index (χ1n) is 6.39. The van der Waals surface area contributed by atoms with Crippen molar-refractivity contribution in [1.82, 2.24) is 9.88 Å². The van der Waals surface area contributed by atoms with Crippen molar-refractivity contribution < 1.29 is 19.1 Å². The van der Waals surface area contributed by atoms with Gasteiger partial charge in [0.15, 0.2) is 12.2 Å². The topological polar surface area (TPSA) is 75.8 Å². The van der Waals surface area contributed by atoms with Gasteiger partial charge in [0, 0.05) is 25.9 Å². The number of carbonyl (C=O) groups is 1. The maximum absolute atomic E-state index is 11.9. The molecule has 1 aromatic heterocycles. The minimum absolute atomic E-state index is 0.341. The van der Waals surface area contributed by atoms with Crippen LogP contribution in [0.1, 0.15) is 39.4 Å². The van der Waals surface area contributed by atoms with E-state index in [0.29, 0.717) is 31.7 Å². The van der Waals surface area contributed by atoms with Crippen LogP contribution >= 0.6 is 0 Å². The minimum atomic E-state index is -1.03. The monoisotopic (exact) mass is 268 g/mol. The number of carbonyl (C=O) groups excluding carboxylic acids is 1. The maximum atomic E-state index is 11.9. The third-order valence-corrected chi connectivity index (χ3v) is 3.13. The fourth-order valence-electron chi connectivity index (χ4n) is 2.08. The second-order valence-electron chi connectivity index (χ2n) is 5.86. The molecule has 0 unspecified atom stereocenters. The van der Waals surface area contributed by atoms with E-state index in [4.69, 9.17) is 9.15 Å². The van der Waals surface area contributed by atoms with Crippen LogP contribution in [0.3, 0.4) is 0 Å². The molecule has 0 bridgehead atoms. The lowest BCUT2D eigenvalue weighted by Crippen LogP contribution is -2.46. The fraction of sp³-hybridized carbons (Fsp3) is 0.692. The molecule has 1 saturated heterocycles. The number of hydrogen-bond donors (Lipinski definition) is 1. The molecule has 2 rings (SSSR count). The standard InChI is InChI=1S/C13H20N2O4/c1-12(2,3)19-11(16)15-6-4-13(17,5-7-15)10-8-14-9-18-10/h8-9,17H,4-7H2,1-3H3. The summed E-state index contributed by atoms with van der Waals surface area (Å²) in [6.07, 6.45) is 3.31.